The van der Waals surface area contributed by atoms with Crippen LogP contribution >= 0.6 is 11.3 Å². The fraction of sp³-hybridized carbons (Fsp3) is 0.348. The van der Waals surface area contributed by atoms with Gasteiger partial charge in [-0.05, 0) is 19.1 Å². The highest BCUT2D eigenvalue weighted by molar-refractivity contribution is 7.07. The summed E-state index contributed by atoms with van der Waals surface area (Å²) in [5.74, 6) is -1.11. The summed E-state index contributed by atoms with van der Waals surface area (Å²) in [6, 6.07) is 1.22. The van der Waals surface area contributed by atoms with Gasteiger partial charge in [0.25, 0.3) is 5.91 Å². The summed E-state index contributed by atoms with van der Waals surface area (Å²) in [7, 11) is 1.30. The van der Waals surface area contributed by atoms with Crippen molar-refractivity contribution < 1.29 is 27.1 Å². The molecule has 1 aliphatic rings. The van der Waals surface area contributed by atoms with Crippen molar-refractivity contribution in [3.05, 3.63) is 52.4 Å². The first kappa shape index (κ1) is 25.8. The lowest BCUT2D eigenvalue weighted by atomic mass is 10.1. The van der Waals surface area contributed by atoms with Crippen LogP contribution in [0.2, 0.25) is 0 Å². The fourth-order valence-electron chi connectivity index (χ4n) is 4.51. The fourth-order valence-corrected chi connectivity index (χ4v) is 5.15. The van der Waals surface area contributed by atoms with Crippen molar-refractivity contribution in [2.45, 2.75) is 31.4 Å². The number of nitrogens with two attached hydrogens (primary N) is 1. The van der Waals surface area contributed by atoms with E-state index in [0.29, 0.717) is 0 Å². The molecule has 10 nitrogen and oxygen atoms in total. The van der Waals surface area contributed by atoms with Gasteiger partial charge in [0, 0.05) is 30.2 Å². The third-order valence-corrected chi connectivity index (χ3v) is 7.10. The Morgan fingerprint density at radius 3 is 2.74 bits per heavy atom. The maximum Gasteiger partial charge on any atom is 0.418 e. The Hall–Kier alpha value is -3.85. The lowest BCUT2D eigenvalue weighted by Gasteiger charge is -2.22. The summed E-state index contributed by atoms with van der Waals surface area (Å²) >= 11 is 1.44. The van der Waals surface area contributed by atoms with E-state index in [1.54, 1.807) is 5.51 Å². The predicted molar refractivity (Wildman–Crippen MR) is 130 cm³/mol. The molecule has 1 fully saturated rings. The molecule has 4 aromatic heterocycles. The summed E-state index contributed by atoms with van der Waals surface area (Å²) in [6.07, 6.45) is -3.80. The van der Waals surface area contributed by atoms with Crippen molar-refractivity contribution >= 4 is 28.6 Å². The summed E-state index contributed by atoms with van der Waals surface area (Å²) in [6.45, 7) is 2.27. The zero-order chi connectivity index (χ0) is 27.2. The number of pyridine rings is 1. The Bertz CT molecular complexity index is 1480. The van der Waals surface area contributed by atoms with E-state index in [1.807, 2.05) is 17.2 Å². The molecule has 1 amide bonds. The third kappa shape index (κ3) is 4.62. The summed E-state index contributed by atoms with van der Waals surface area (Å²) < 4.78 is 62.3. The highest BCUT2D eigenvalue weighted by Gasteiger charge is 2.38. The minimum atomic E-state index is -4.73. The number of fused-ring (bicyclic) bond motifs is 1. The number of rotatable bonds is 6. The molecule has 0 aliphatic carbocycles. The van der Waals surface area contributed by atoms with E-state index in [-0.39, 0.29) is 47.7 Å². The lowest BCUT2D eigenvalue weighted by molar-refractivity contribution is -0.136. The number of nitrogens with zero attached hydrogens (tertiary/aromatic N) is 6. The van der Waals surface area contributed by atoms with Crippen LogP contribution in [0.15, 0.2) is 35.5 Å². The Kier molecular flexibility index (Phi) is 6.65. The zero-order valence-corrected chi connectivity index (χ0v) is 20.9. The van der Waals surface area contributed by atoms with Gasteiger partial charge in [0.1, 0.15) is 23.6 Å². The van der Waals surface area contributed by atoms with E-state index in [0.717, 1.165) is 22.6 Å². The van der Waals surface area contributed by atoms with Crippen LogP contribution in [0, 0.1) is 0 Å². The van der Waals surface area contributed by atoms with Gasteiger partial charge in [0.15, 0.2) is 5.82 Å². The number of hydrogen-bond donors (Lipinski definition) is 2. The quantitative estimate of drug-likeness (QED) is 0.351. The number of carbonyl (C=O) groups is 1. The average Bonchev–Trinajstić information content (AvgIpc) is 3.63. The standard InChI is InChI=1S/C23H22F4N8O2S/c1-11(17-8-38-10-31-17)34-6-15(24)16(7-34)33-21(36)13-3-12(5-29-22(13)37-2)18-4-14(23(25,26)27)19-20(28)30-9-32-35(18)19/h3-5,8-11,15-16H,6-7H2,1-2H3,(H,33,36)(H2,28,30,32)/t11?,15-,16+/m0/s1. The Morgan fingerprint density at radius 2 is 2.05 bits per heavy atom. The number of hydrogen-bond acceptors (Lipinski definition) is 9. The number of thiazole rings is 1. The van der Waals surface area contributed by atoms with E-state index < -0.39 is 35.4 Å². The van der Waals surface area contributed by atoms with Crippen molar-refractivity contribution in [3.8, 4) is 17.1 Å². The highest BCUT2D eigenvalue weighted by Crippen LogP contribution is 2.39. The summed E-state index contributed by atoms with van der Waals surface area (Å²) in [5.41, 5.74) is 6.83. The molecule has 200 valence electrons. The number of halogens is 4. The number of methoxy groups -OCH3 is 1. The molecular weight excluding hydrogens is 528 g/mol. The topological polar surface area (TPSA) is 124 Å². The molecule has 0 aromatic carbocycles. The van der Waals surface area contributed by atoms with E-state index in [9.17, 15) is 22.4 Å². The average molecular weight is 551 g/mol. The Labute approximate surface area is 217 Å². The third-order valence-electron chi connectivity index (χ3n) is 6.49. The van der Waals surface area contributed by atoms with Gasteiger partial charge in [-0.15, -0.1) is 11.3 Å². The second-order valence-electron chi connectivity index (χ2n) is 8.77. The first-order valence-corrected chi connectivity index (χ1v) is 12.3. The van der Waals surface area contributed by atoms with E-state index in [4.69, 9.17) is 10.5 Å². The monoisotopic (exact) mass is 550 g/mol. The Morgan fingerprint density at radius 1 is 1.26 bits per heavy atom. The SMILES string of the molecule is COc1ncc(-c2cc(C(F)(F)F)c3c(N)ncnn23)cc1C(=O)N[C@@H]1CN(C(C)c2cscn2)C[C@@H]1F. The van der Waals surface area contributed by atoms with Gasteiger partial charge >= 0.3 is 6.18 Å². The molecule has 38 heavy (non-hydrogen) atoms. The van der Waals surface area contributed by atoms with Crippen LogP contribution in [0.25, 0.3) is 16.8 Å². The number of likely N-dealkylation sites (tertiary alicyclic amines) is 1. The summed E-state index contributed by atoms with van der Waals surface area (Å²) in [4.78, 5) is 27.2. The maximum absolute atomic E-state index is 14.9. The molecule has 3 atom stereocenters. The number of ether oxygens (including phenoxy) is 1. The van der Waals surface area contributed by atoms with Crippen LogP contribution in [-0.4, -0.2) is 67.8 Å². The first-order valence-electron chi connectivity index (χ1n) is 11.4. The molecule has 1 unspecified atom stereocenters. The molecular formula is C23H22F4N8O2S. The van der Waals surface area contributed by atoms with Crippen LogP contribution < -0.4 is 15.8 Å². The second kappa shape index (κ2) is 9.79. The van der Waals surface area contributed by atoms with Gasteiger partial charge in [0.2, 0.25) is 5.88 Å². The minimum Gasteiger partial charge on any atom is -0.480 e. The molecule has 0 radical (unpaired) electrons. The van der Waals surface area contributed by atoms with Gasteiger partial charge in [-0.1, -0.05) is 0 Å². The van der Waals surface area contributed by atoms with Gasteiger partial charge in [-0.3, -0.25) is 9.69 Å². The molecule has 5 rings (SSSR count). The molecule has 0 saturated carbocycles. The van der Waals surface area contributed by atoms with Crippen LogP contribution in [0.3, 0.4) is 0 Å². The van der Waals surface area contributed by atoms with Crippen molar-refractivity contribution in [3.63, 3.8) is 0 Å². The molecule has 3 N–H and O–H groups in total. The van der Waals surface area contributed by atoms with Crippen molar-refractivity contribution in [2.24, 2.45) is 0 Å². The van der Waals surface area contributed by atoms with Gasteiger partial charge in [-0.2, -0.15) is 18.3 Å². The minimum absolute atomic E-state index is 0.0156. The summed E-state index contributed by atoms with van der Waals surface area (Å²) in [5, 5.41) is 8.48. The predicted octanol–water partition coefficient (Wildman–Crippen LogP) is 3.37. The first-order chi connectivity index (χ1) is 18.1. The molecule has 1 aliphatic heterocycles. The lowest BCUT2D eigenvalue weighted by Crippen LogP contribution is -2.41. The number of nitrogens with one attached hydrogen (secondary N) is 1. The normalized spacial score (nSPS) is 19.1. The smallest absolute Gasteiger partial charge is 0.418 e. The van der Waals surface area contributed by atoms with Crippen LogP contribution in [-0.2, 0) is 6.18 Å². The van der Waals surface area contributed by atoms with Gasteiger partial charge in [0.05, 0.1) is 41.7 Å². The number of nitrogen functional groups attached to an aromatic ring is 1. The van der Waals surface area contributed by atoms with Crippen molar-refractivity contribution in [1.29, 1.82) is 0 Å². The number of alkyl halides is 4. The second-order valence-corrected chi connectivity index (χ2v) is 9.49. The molecule has 4 aromatic rings. The number of aromatic nitrogens is 5. The van der Waals surface area contributed by atoms with Crippen LogP contribution in [0.1, 0.15) is 34.6 Å². The number of amides is 1. The molecule has 0 bridgehead atoms. The zero-order valence-electron chi connectivity index (χ0n) is 20.1. The molecule has 15 heteroatoms. The maximum atomic E-state index is 14.9. The van der Waals surface area contributed by atoms with E-state index in [2.05, 4.69) is 25.4 Å². The Balaban J connectivity index is 1.45. The van der Waals surface area contributed by atoms with Gasteiger partial charge in [-0.25, -0.2) is 23.9 Å². The van der Waals surface area contributed by atoms with E-state index >= 15 is 0 Å². The highest BCUT2D eigenvalue weighted by atomic mass is 32.1. The van der Waals surface area contributed by atoms with Crippen LogP contribution in [0.5, 0.6) is 5.88 Å². The van der Waals surface area contributed by atoms with Crippen LogP contribution in [0.4, 0.5) is 23.4 Å². The van der Waals surface area contributed by atoms with Crippen molar-refractivity contribution in [1.82, 2.24) is 34.8 Å². The van der Waals surface area contributed by atoms with Gasteiger partial charge < -0.3 is 15.8 Å². The van der Waals surface area contributed by atoms with Crippen molar-refractivity contribution in [2.75, 3.05) is 25.9 Å². The number of carbonyl (C=O) groups excluding carboxylic acids is 1. The number of anilines is 1. The molecule has 5 heterocycles. The largest absolute Gasteiger partial charge is 0.480 e. The van der Waals surface area contributed by atoms with E-state index in [1.165, 1.54) is 30.7 Å². The molecule has 0 spiro atoms. The molecule has 1 saturated heterocycles.